The van der Waals surface area contributed by atoms with Crippen molar-refractivity contribution in [3.05, 3.63) is 18.0 Å². The van der Waals surface area contributed by atoms with Crippen LogP contribution in [-0.2, 0) is 0 Å². The first-order chi connectivity index (χ1) is 6.74. The molecule has 0 aliphatic heterocycles. The highest BCUT2D eigenvalue weighted by molar-refractivity contribution is 5.90. The van der Waals surface area contributed by atoms with Gasteiger partial charge in [0.15, 0.2) is 5.82 Å². The Morgan fingerprint density at radius 3 is 3.00 bits per heavy atom. The van der Waals surface area contributed by atoms with Gasteiger partial charge in [-0.15, -0.1) is 0 Å². The highest BCUT2D eigenvalue weighted by Crippen LogP contribution is 2.27. The summed E-state index contributed by atoms with van der Waals surface area (Å²) in [6.45, 7) is 4.33. The van der Waals surface area contributed by atoms with Crippen LogP contribution in [0.2, 0.25) is 0 Å². The molecule has 0 aliphatic carbocycles. The van der Waals surface area contributed by atoms with Crippen LogP contribution in [0.3, 0.4) is 0 Å². The van der Waals surface area contributed by atoms with Crippen molar-refractivity contribution in [2.45, 2.75) is 26.2 Å². The van der Waals surface area contributed by atoms with Gasteiger partial charge in [-0.1, -0.05) is 13.8 Å². The van der Waals surface area contributed by atoms with E-state index in [1.54, 1.807) is 6.20 Å². The summed E-state index contributed by atoms with van der Waals surface area (Å²) in [6, 6.07) is 0. The third-order valence-corrected chi connectivity index (χ3v) is 2.68. The van der Waals surface area contributed by atoms with Crippen molar-refractivity contribution in [3.63, 3.8) is 0 Å². The number of aromatic amines is 1. The largest absolute Gasteiger partial charge is 0.382 e. The fraction of sp³-hybridized carbons (Fsp3) is 0.400. The number of hydrogen-bond donors (Lipinski definition) is 2. The second kappa shape index (κ2) is 3.29. The number of H-pyrrole nitrogens is 1. The molecule has 4 heteroatoms. The minimum atomic E-state index is 0.478. The molecule has 0 spiro atoms. The molecular formula is C10H14N4. The lowest BCUT2D eigenvalue weighted by Gasteiger charge is -2.08. The number of nitrogens with one attached hydrogen (secondary N) is 1. The van der Waals surface area contributed by atoms with Crippen molar-refractivity contribution in [1.29, 1.82) is 0 Å². The standard InChI is InChI=1S/C10H14N4/c1-3-6(2)7-4-12-5-8-9(7)13-14-10(8)11/h4-6H,3H2,1-2H3,(H3,11,13,14). The Morgan fingerprint density at radius 1 is 1.50 bits per heavy atom. The Balaban J connectivity index is 2.65. The lowest BCUT2D eigenvalue weighted by Crippen LogP contribution is -1.94. The van der Waals surface area contributed by atoms with Crippen molar-refractivity contribution in [2.75, 3.05) is 5.73 Å². The Kier molecular flexibility index (Phi) is 2.11. The highest BCUT2D eigenvalue weighted by atomic mass is 15.2. The van der Waals surface area contributed by atoms with Crippen LogP contribution in [0, 0.1) is 0 Å². The van der Waals surface area contributed by atoms with Gasteiger partial charge in [-0.2, -0.15) is 5.10 Å². The first kappa shape index (κ1) is 8.99. The number of pyridine rings is 1. The van der Waals surface area contributed by atoms with Crippen LogP contribution in [0.15, 0.2) is 12.4 Å². The van der Waals surface area contributed by atoms with E-state index in [1.807, 2.05) is 6.20 Å². The lowest BCUT2D eigenvalue weighted by atomic mass is 9.99. The summed E-state index contributed by atoms with van der Waals surface area (Å²) in [5, 5.41) is 7.86. The van der Waals surface area contributed by atoms with Crippen LogP contribution in [0.5, 0.6) is 0 Å². The summed E-state index contributed by atoms with van der Waals surface area (Å²) >= 11 is 0. The predicted octanol–water partition coefficient (Wildman–Crippen LogP) is 2.05. The molecule has 14 heavy (non-hydrogen) atoms. The number of nitrogen functional groups attached to an aromatic ring is 1. The smallest absolute Gasteiger partial charge is 0.154 e. The zero-order valence-corrected chi connectivity index (χ0v) is 8.41. The molecule has 0 saturated heterocycles. The zero-order chi connectivity index (χ0) is 10.1. The number of anilines is 1. The van der Waals surface area contributed by atoms with Crippen LogP contribution in [0.25, 0.3) is 10.9 Å². The Labute approximate surface area is 82.5 Å². The molecule has 1 atom stereocenters. The van der Waals surface area contributed by atoms with Gasteiger partial charge in [0.2, 0.25) is 0 Å². The van der Waals surface area contributed by atoms with Gasteiger partial charge in [0.05, 0.1) is 10.9 Å². The van der Waals surface area contributed by atoms with Gasteiger partial charge in [0.1, 0.15) is 0 Å². The first-order valence-electron chi connectivity index (χ1n) is 4.81. The van der Waals surface area contributed by atoms with E-state index in [9.17, 15) is 0 Å². The number of aromatic nitrogens is 3. The van der Waals surface area contributed by atoms with E-state index in [-0.39, 0.29) is 0 Å². The van der Waals surface area contributed by atoms with Gasteiger partial charge < -0.3 is 5.73 Å². The monoisotopic (exact) mass is 190 g/mol. The van der Waals surface area contributed by atoms with E-state index in [2.05, 4.69) is 29.0 Å². The SMILES string of the molecule is CCC(C)c1cncc2c(N)n[nH]c12. The normalized spacial score (nSPS) is 13.3. The fourth-order valence-electron chi connectivity index (χ4n) is 1.57. The summed E-state index contributed by atoms with van der Waals surface area (Å²) in [5.41, 5.74) is 7.91. The van der Waals surface area contributed by atoms with E-state index in [0.29, 0.717) is 11.7 Å². The Hall–Kier alpha value is -1.58. The van der Waals surface area contributed by atoms with E-state index >= 15 is 0 Å². The number of hydrogen-bond acceptors (Lipinski definition) is 3. The molecule has 0 radical (unpaired) electrons. The quantitative estimate of drug-likeness (QED) is 0.761. The van der Waals surface area contributed by atoms with Crippen molar-refractivity contribution in [3.8, 4) is 0 Å². The topological polar surface area (TPSA) is 67.6 Å². The Bertz CT molecular complexity index is 446. The summed E-state index contributed by atoms with van der Waals surface area (Å²) in [7, 11) is 0. The molecule has 4 nitrogen and oxygen atoms in total. The molecule has 0 fully saturated rings. The number of nitrogens with zero attached hydrogens (tertiary/aromatic N) is 2. The number of rotatable bonds is 2. The van der Waals surface area contributed by atoms with Crippen molar-refractivity contribution < 1.29 is 0 Å². The van der Waals surface area contributed by atoms with Crippen LogP contribution in [-0.4, -0.2) is 15.2 Å². The average molecular weight is 190 g/mol. The molecule has 0 aromatic carbocycles. The number of nitrogens with two attached hydrogens (primary N) is 1. The second-order valence-electron chi connectivity index (χ2n) is 3.57. The minimum Gasteiger partial charge on any atom is -0.382 e. The van der Waals surface area contributed by atoms with E-state index in [1.165, 1.54) is 5.56 Å². The second-order valence-corrected chi connectivity index (χ2v) is 3.57. The molecule has 2 aromatic rings. The highest BCUT2D eigenvalue weighted by Gasteiger charge is 2.11. The maximum absolute atomic E-state index is 5.70. The maximum Gasteiger partial charge on any atom is 0.154 e. The molecule has 1 unspecified atom stereocenters. The van der Waals surface area contributed by atoms with E-state index in [4.69, 9.17) is 5.73 Å². The van der Waals surface area contributed by atoms with Crippen LogP contribution < -0.4 is 5.73 Å². The summed E-state index contributed by atoms with van der Waals surface area (Å²) < 4.78 is 0. The molecule has 0 aliphatic rings. The molecule has 2 heterocycles. The molecule has 3 N–H and O–H groups in total. The van der Waals surface area contributed by atoms with Crippen molar-refractivity contribution >= 4 is 16.7 Å². The first-order valence-corrected chi connectivity index (χ1v) is 4.81. The molecule has 0 saturated carbocycles. The van der Waals surface area contributed by atoms with E-state index < -0.39 is 0 Å². The number of fused-ring (bicyclic) bond motifs is 1. The van der Waals surface area contributed by atoms with Crippen molar-refractivity contribution in [1.82, 2.24) is 15.2 Å². The summed E-state index contributed by atoms with van der Waals surface area (Å²) in [4.78, 5) is 4.17. The summed E-state index contributed by atoms with van der Waals surface area (Å²) in [6.07, 6.45) is 4.72. The molecule has 2 aromatic heterocycles. The van der Waals surface area contributed by atoms with Gasteiger partial charge in [-0.05, 0) is 17.9 Å². The van der Waals surface area contributed by atoms with Gasteiger partial charge >= 0.3 is 0 Å². The van der Waals surface area contributed by atoms with Crippen LogP contribution in [0.1, 0.15) is 31.7 Å². The lowest BCUT2D eigenvalue weighted by molar-refractivity contribution is 0.734. The van der Waals surface area contributed by atoms with Crippen molar-refractivity contribution in [2.24, 2.45) is 0 Å². The summed E-state index contributed by atoms with van der Waals surface area (Å²) in [5.74, 6) is 1.00. The molecular weight excluding hydrogens is 176 g/mol. The fourth-order valence-corrected chi connectivity index (χ4v) is 1.57. The minimum absolute atomic E-state index is 0.478. The predicted molar refractivity (Wildman–Crippen MR) is 57.0 cm³/mol. The third-order valence-electron chi connectivity index (χ3n) is 2.68. The Morgan fingerprint density at radius 2 is 2.29 bits per heavy atom. The van der Waals surface area contributed by atoms with Crippen LogP contribution in [0.4, 0.5) is 5.82 Å². The maximum atomic E-state index is 5.70. The molecule has 0 bridgehead atoms. The average Bonchev–Trinajstić information content (AvgIpc) is 2.59. The molecule has 2 rings (SSSR count). The molecule has 74 valence electrons. The van der Waals surface area contributed by atoms with Gasteiger partial charge in [-0.25, -0.2) is 0 Å². The van der Waals surface area contributed by atoms with E-state index in [0.717, 1.165) is 17.3 Å². The van der Waals surface area contributed by atoms with Gasteiger partial charge in [0, 0.05) is 12.4 Å². The van der Waals surface area contributed by atoms with Gasteiger partial charge in [0.25, 0.3) is 0 Å². The van der Waals surface area contributed by atoms with Crippen LogP contribution >= 0.6 is 0 Å². The zero-order valence-electron chi connectivity index (χ0n) is 8.41. The van der Waals surface area contributed by atoms with Gasteiger partial charge in [-0.3, -0.25) is 10.1 Å². The molecule has 0 amide bonds. The third kappa shape index (κ3) is 1.23.